The molecule has 0 rings (SSSR count). The van der Waals surface area contributed by atoms with E-state index in [-0.39, 0.29) is 12.7 Å². The van der Waals surface area contributed by atoms with Crippen molar-refractivity contribution < 1.29 is 17.9 Å². The van der Waals surface area contributed by atoms with E-state index in [2.05, 4.69) is 0 Å². The molecule has 0 aliphatic heterocycles. The van der Waals surface area contributed by atoms with Crippen LogP contribution in [0.25, 0.3) is 0 Å². The average Bonchev–Trinajstić information content (AvgIpc) is 1.93. The quantitative estimate of drug-likeness (QED) is 0.312. The Balaban J connectivity index is 4.82. The molecule has 0 aromatic carbocycles. The minimum atomic E-state index is -3.33. The van der Waals surface area contributed by atoms with E-state index >= 15 is 0 Å². The summed E-state index contributed by atoms with van der Waals surface area (Å²) < 4.78 is 23.6. The molecule has 0 N–H and O–H groups in total. The molecule has 102 valence electrons. The fourth-order valence-electron chi connectivity index (χ4n) is 1.15. The van der Waals surface area contributed by atoms with Crippen molar-refractivity contribution in [3.63, 3.8) is 0 Å². The molecule has 0 radical (unpaired) electrons. The monoisotopic (exact) mass is 299 g/mol. The van der Waals surface area contributed by atoms with Crippen molar-refractivity contribution in [2.24, 2.45) is 0 Å². The van der Waals surface area contributed by atoms with Crippen LogP contribution in [0.2, 0.25) is 39.3 Å². The van der Waals surface area contributed by atoms with Gasteiger partial charge in [0, 0.05) is 4.92 Å². The molecule has 0 aliphatic rings. The zero-order valence-electron chi connectivity index (χ0n) is 11.3. The second kappa shape index (κ2) is 5.75. The molecule has 0 bridgehead atoms. The summed E-state index contributed by atoms with van der Waals surface area (Å²) in [5.74, 6) is 0. The Kier molecular flexibility index (Phi) is 5.74. The lowest BCUT2D eigenvalue weighted by Crippen LogP contribution is -2.31. The van der Waals surface area contributed by atoms with Crippen molar-refractivity contribution in [1.82, 2.24) is 0 Å². The third kappa shape index (κ3) is 9.66. The highest BCUT2D eigenvalue weighted by Crippen LogP contribution is 2.52. The Labute approximate surface area is 105 Å². The van der Waals surface area contributed by atoms with Gasteiger partial charge in [0.1, 0.15) is 6.16 Å². The highest BCUT2D eigenvalue weighted by Gasteiger charge is 2.37. The van der Waals surface area contributed by atoms with Crippen molar-refractivity contribution in [3.05, 3.63) is 10.1 Å². The van der Waals surface area contributed by atoms with Crippen LogP contribution in [0.3, 0.4) is 0 Å². The van der Waals surface area contributed by atoms with E-state index in [4.69, 9.17) is 8.43 Å². The molecular formula is C8H22NO5PSi2. The van der Waals surface area contributed by atoms with Gasteiger partial charge in [-0.1, -0.05) is 0 Å². The van der Waals surface area contributed by atoms with Gasteiger partial charge in [-0.2, -0.15) is 0 Å². The Morgan fingerprint density at radius 1 is 1.06 bits per heavy atom. The predicted molar refractivity (Wildman–Crippen MR) is 73.2 cm³/mol. The Morgan fingerprint density at radius 3 is 1.65 bits per heavy atom. The van der Waals surface area contributed by atoms with Crippen LogP contribution in [0.15, 0.2) is 0 Å². The fraction of sp³-hybridized carbons (Fsp3) is 1.00. The molecule has 17 heavy (non-hydrogen) atoms. The summed E-state index contributed by atoms with van der Waals surface area (Å²) in [7, 11) is -7.44. The summed E-state index contributed by atoms with van der Waals surface area (Å²) in [6, 6.07) is 0. The molecule has 0 saturated heterocycles. The standard InChI is InChI=1S/C8H22NO5PSi2/c1-16(2,3)13-15(12,8-7-9(10)11)14-17(4,5)6/h7-8H2,1-6H3. The van der Waals surface area contributed by atoms with Gasteiger partial charge < -0.3 is 8.43 Å². The molecule has 0 aliphatic carbocycles. The van der Waals surface area contributed by atoms with E-state index < -0.39 is 29.2 Å². The normalized spacial score (nSPS) is 13.8. The molecule has 0 heterocycles. The van der Waals surface area contributed by atoms with Crippen LogP contribution in [0.1, 0.15) is 0 Å². The van der Waals surface area contributed by atoms with Gasteiger partial charge in [0.2, 0.25) is 6.54 Å². The molecule has 0 amide bonds. The number of rotatable bonds is 7. The number of hydrogen-bond acceptors (Lipinski definition) is 5. The van der Waals surface area contributed by atoms with E-state index in [9.17, 15) is 14.7 Å². The first-order chi connectivity index (χ1) is 7.33. The molecule has 0 unspecified atom stereocenters. The third-order valence-corrected chi connectivity index (χ3v) is 8.74. The van der Waals surface area contributed by atoms with Crippen LogP contribution in [0, 0.1) is 10.1 Å². The van der Waals surface area contributed by atoms with Gasteiger partial charge in [0.05, 0.1) is 0 Å². The Morgan fingerprint density at radius 2 is 1.41 bits per heavy atom. The highest BCUT2D eigenvalue weighted by molar-refractivity contribution is 7.57. The van der Waals surface area contributed by atoms with Gasteiger partial charge in [-0.25, -0.2) is 0 Å². The van der Waals surface area contributed by atoms with Gasteiger partial charge in [-0.15, -0.1) is 0 Å². The molecular weight excluding hydrogens is 277 g/mol. The van der Waals surface area contributed by atoms with Gasteiger partial charge >= 0.3 is 7.60 Å². The molecule has 6 nitrogen and oxygen atoms in total. The lowest BCUT2D eigenvalue weighted by Gasteiger charge is -2.30. The van der Waals surface area contributed by atoms with Crippen molar-refractivity contribution >= 4 is 24.2 Å². The minimum absolute atomic E-state index is 0.144. The van der Waals surface area contributed by atoms with E-state index in [0.29, 0.717) is 0 Å². The van der Waals surface area contributed by atoms with Gasteiger partial charge in [-0.3, -0.25) is 14.7 Å². The first-order valence-electron chi connectivity index (χ1n) is 5.45. The first-order valence-corrected chi connectivity index (χ1v) is 14.0. The maximum atomic E-state index is 12.5. The summed E-state index contributed by atoms with van der Waals surface area (Å²) in [4.78, 5) is 9.88. The Hall–Kier alpha value is -0.0162. The maximum Gasteiger partial charge on any atom is 0.318 e. The SMILES string of the molecule is C[Si](C)(C)OP(=O)(CC[N+](=O)[O-])O[Si](C)(C)C. The zero-order valence-corrected chi connectivity index (χ0v) is 14.2. The summed E-state index contributed by atoms with van der Waals surface area (Å²) in [5, 5.41) is 10.4. The van der Waals surface area contributed by atoms with Gasteiger partial charge in [-0.05, 0) is 39.3 Å². The highest BCUT2D eigenvalue weighted by atomic mass is 31.2. The molecule has 0 atom stereocenters. The van der Waals surface area contributed by atoms with Crippen molar-refractivity contribution in [2.45, 2.75) is 39.3 Å². The summed E-state index contributed by atoms with van der Waals surface area (Å²) in [6.07, 6.45) is -0.144. The largest absolute Gasteiger partial charge is 0.351 e. The molecule has 0 aromatic heterocycles. The predicted octanol–water partition coefficient (Wildman–Crippen LogP) is 3.16. The second-order valence-corrected chi connectivity index (χ2v) is 17.4. The van der Waals surface area contributed by atoms with Gasteiger partial charge in [0.15, 0.2) is 16.6 Å². The molecule has 9 heteroatoms. The third-order valence-electron chi connectivity index (χ3n) is 1.38. The van der Waals surface area contributed by atoms with Crippen LogP contribution < -0.4 is 0 Å². The second-order valence-electron chi connectivity index (χ2n) is 5.80. The molecule has 0 fully saturated rings. The first kappa shape index (κ1) is 17.0. The van der Waals surface area contributed by atoms with E-state index in [1.165, 1.54) is 0 Å². The van der Waals surface area contributed by atoms with Crippen molar-refractivity contribution in [2.75, 3.05) is 12.7 Å². The smallest absolute Gasteiger partial charge is 0.318 e. The van der Waals surface area contributed by atoms with Crippen LogP contribution in [-0.4, -0.2) is 34.3 Å². The number of hydrogen-bond donors (Lipinski definition) is 0. The number of nitrogens with zero attached hydrogens (tertiary/aromatic N) is 1. The molecule has 0 saturated carbocycles. The van der Waals surface area contributed by atoms with Crippen LogP contribution in [0.5, 0.6) is 0 Å². The summed E-state index contributed by atoms with van der Waals surface area (Å²) in [5.41, 5.74) is 0. The van der Waals surface area contributed by atoms with Crippen molar-refractivity contribution in [1.29, 1.82) is 0 Å². The topological polar surface area (TPSA) is 78.7 Å². The van der Waals surface area contributed by atoms with Crippen LogP contribution >= 0.6 is 7.60 Å². The fourth-order valence-corrected chi connectivity index (χ4v) is 9.45. The summed E-state index contributed by atoms with van der Waals surface area (Å²) in [6.45, 7) is 10.9. The number of nitro groups is 1. The van der Waals surface area contributed by atoms with E-state index in [0.717, 1.165) is 0 Å². The van der Waals surface area contributed by atoms with Crippen molar-refractivity contribution in [3.8, 4) is 0 Å². The van der Waals surface area contributed by atoms with Crippen LogP contribution in [-0.2, 0) is 13.0 Å². The zero-order chi connectivity index (χ0) is 13.9. The molecule has 0 aromatic rings. The minimum Gasteiger partial charge on any atom is -0.351 e. The Bertz CT molecular complexity index is 303. The van der Waals surface area contributed by atoms with E-state index in [1.54, 1.807) is 0 Å². The van der Waals surface area contributed by atoms with Crippen LogP contribution in [0.4, 0.5) is 0 Å². The van der Waals surface area contributed by atoms with E-state index in [1.807, 2.05) is 39.3 Å². The lowest BCUT2D eigenvalue weighted by molar-refractivity contribution is -0.474. The summed E-state index contributed by atoms with van der Waals surface area (Å²) >= 11 is 0. The maximum absolute atomic E-state index is 12.5. The van der Waals surface area contributed by atoms with Gasteiger partial charge in [0.25, 0.3) is 0 Å². The average molecular weight is 299 g/mol. The molecule has 0 spiro atoms. The lowest BCUT2D eigenvalue weighted by atomic mass is 10.8.